The first-order chi connectivity index (χ1) is 8.86. The fraction of sp³-hybridized carbons (Fsp3) is 0.333. The summed E-state index contributed by atoms with van der Waals surface area (Å²) in [5, 5.41) is 28.9. The average Bonchev–Trinajstić information content (AvgIpc) is 2.36. The first kappa shape index (κ1) is 14.9. The maximum absolute atomic E-state index is 11.2. The van der Waals surface area contributed by atoms with Gasteiger partial charge in [0.05, 0.1) is 19.6 Å². The molecule has 0 bridgehead atoms. The molecule has 0 aliphatic heterocycles. The lowest BCUT2D eigenvalue weighted by atomic mass is 10.00. The summed E-state index contributed by atoms with van der Waals surface area (Å²) in [6.07, 6.45) is -3.20. The minimum atomic E-state index is -1.40. The van der Waals surface area contributed by atoms with Crippen LogP contribution in [0.25, 0.3) is 0 Å². The van der Waals surface area contributed by atoms with Crippen molar-refractivity contribution in [3.8, 4) is 5.75 Å². The van der Waals surface area contributed by atoms with Crippen LogP contribution >= 0.6 is 0 Å². The van der Waals surface area contributed by atoms with Gasteiger partial charge in [-0.3, -0.25) is 4.79 Å². The van der Waals surface area contributed by atoms with Crippen LogP contribution in [0.15, 0.2) is 18.2 Å². The summed E-state index contributed by atoms with van der Waals surface area (Å²) in [6.45, 7) is 0. The summed E-state index contributed by atoms with van der Waals surface area (Å²) in [4.78, 5) is 21.9. The molecule has 0 saturated heterocycles. The molecular formula is C12H15NO6. The smallest absolute Gasteiger partial charge is 0.341 e. The first-order valence-corrected chi connectivity index (χ1v) is 5.42. The van der Waals surface area contributed by atoms with Gasteiger partial charge in [-0.15, -0.1) is 0 Å². The molecule has 1 rings (SSSR count). The molecule has 2 atom stereocenters. The lowest BCUT2D eigenvalue weighted by Crippen LogP contribution is -2.25. The second kappa shape index (κ2) is 6.17. The van der Waals surface area contributed by atoms with E-state index in [1.807, 2.05) is 0 Å². The predicted molar refractivity (Wildman–Crippen MR) is 64.2 cm³/mol. The minimum absolute atomic E-state index is 0.0668. The van der Waals surface area contributed by atoms with E-state index < -0.39 is 36.3 Å². The molecule has 1 aromatic carbocycles. The Balaban J connectivity index is 2.94. The number of aromatic hydroxyl groups is 1. The number of aliphatic hydroxyl groups is 2. The van der Waals surface area contributed by atoms with E-state index in [0.717, 1.165) is 6.07 Å². The van der Waals surface area contributed by atoms with E-state index in [2.05, 4.69) is 4.74 Å². The van der Waals surface area contributed by atoms with Crippen LogP contribution in [0.4, 0.5) is 0 Å². The molecule has 7 heteroatoms. The third-order valence-electron chi connectivity index (χ3n) is 2.54. The molecule has 19 heavy (non-hydrogen) atoms. The van der Waals surface area contributed by atoms with Gasteiger partial charge in [-0.05, 0) is 17.7 Å². The topological polar surface area (TPSA) is 130 Å². The van der Waals surface area contributed by atoms with Crippen LogP contribution < -0.4 is 5.73 Å². The Morgan fingerprint density at radius 1 is 1.37 bits per heavy atom. The number of rotatable bonds is 5. The molecule has 0 aromatic heterocycles. The number of ether oxygens (including phenoxy) is 1. The van der Waals surface area contributed by atoms with Crippen LogP contribution in [0.1, 0.15) is 28.4 Å². The van der Waals surface area contributed by atoms with Gasteiger partial charge in [0.25, 0.3) is 0 Å². The fourth-order valence-corrected chi connectivity index (χ4v) is 1.56. The monoisotopic (exact) mass is 269 g/mol. The Morgan fingerprint density at radius 3 is 2.47 bits per heavy atom. The maximum atomic E-state index is 11.2. The van der Waals surface area contributed by atoms with Crippen molar-refractivity contribution in [3.63, 3.8) is 0 Å². The van der Waals surface area contributed by atoms with Crippen molar-refractivity contribution >= 4 is 11.9 Å². The molecule has 0 fully saturated rings. The van der Waals surface area contributed by atoms with Gasteiger partial charge in [0.15, 0.2) is 0 Å². The predicted octanol–water partition coefficient (Wildman–Crippen LogP) is -0.552. The molecule has 1 aromatic rings. The SMILES string of the molecule is COC(=O)c1ccc(C(O)C(O)CC(N)=O)cc1O. The highest BCUT2D eigenvalue weighted by molar-refractivity contribution is 5.92. The molecular weight excluding hydrogens is 254 g/mol. The number of methoxy groups -OCH3 is 1. The van der Waals surface area contributed by atoms with E-state index in [1.165, 1.54) is 19.2 Å². The highest BCUT2D eigenvalue weighted by Gasteiger charge is 2.22. The van der Waals surface area contributed by atoms with Crippen molar-refractivity contribution in [1.82, 2.24) is 0 Å². The van der Waals surface area contributed by atoms with E-state index in [9.17, 15) is 24.9 Å². The summed E-state index contributed by atoms with van der Waals surface area (Å²) in [7, 11) is 1.17. The molecule has 0 saturated carbocycles. The average molecular weight is 269 g/mol. The number of hydrogen-bond donors (Lipinski definition) is 4. The van der Waals surface area contributed by atoms with Gasteiger partial charge in [-0.25, -0.2) is 4.79 Å². The number of carbonyl (C=O) groups is 2. The molecule has 0 aliphatic carbocycles. The van der Waals surface area contributed by atoms with Gasteiger partial charge in [-0.2, -0.15) is 0 Å². The summed E-state index contributed by atoms with van der Waals surface area (Å²) < 4.78 is 4.45. The number of nitrogens with two attached hydrogens (primary N) is 1. The Kier molecular flexibility index (Phi) is 4.85. The number of hydrogen-bond acceptors (Lipinski definition) is 6. The number of phenolic OH excluding ortho intramolecular Hbond substituents is 1. The van der Waals surface area contributed by atoms with Gasteiger partial charge in [0, 0.05) is 0 Å². The van der Waals surface area contributed by atoms with Crippen LogP contribution in [0.2, 0.25) is 0 Å². The van der Waals surface area contributed by atoms with E-state index in [0.29, 0.717) is 0 Å². The van der Waals surface area contributed by atoms with Crippen LogP contribution in [0.5, 0.6) is 5.75 Å². The fourth-order valence-electron chi connectivity index (χ4n) is 1.56. The second-order valence-electron chi connectivity index (χ2n) is 3.95. The van der Waals surface area contributed by atoms with Gasteiger partial charge < -0.3 is 25.8 Å². The first-order valence-electron chi connectivity index (χ1n) is 5.42. The normalized spacial score (nSPS) is 13.6. The van der Waals surface area contributed by atoms with Crippen molar-refractivity contribution in [1.29, 1.82) is 0 Å². The molecule has 104 valence electrons. The molecule has 7 nitrogen and oxygen atoms in total. The van der Waals surface area contributed by atoms with Crippen LogP contribution in [0, 0.1) is 0 Å². The van der Waals surface area contributed by atoms with Crippen LogP contribution in [-0.2, 0) is 9.53 Å². The quantitative estimate of drug-likeness (QED) is 0.530. The Hall–Kier alpha value is -2.12. The zero-order valence-corrected chi connectivity index (χ0v) is 10.2. The summed E-state index contributed by atoms with van der Waals surface area (Å²) in [5.74, 6) is -1.88. The largest absolute Gasteiger partial charge is 0.507 e. The van der Waals surface area contributed by atoms with Crippen LogP contribution in [0.3, 0.4) is 0 Å². The van der Waals surface area contributed by atoms with Crippen molar-refractivity contribution in [3.05, 3.63) is 29.3 Å². The molecule has 2 unspecified atom stereocenters. The zero-order valence-electron chi connectivity index (χ0n) is 10.2. The van der Waals surface area contributed by atoms with Crippen LogP contribution in [-0.4, -0.2) is 40.4 Å². The Morgan fingerprint density at radius 2 is 2.00 bits per heavy atom. The maximum Gasteiger partial charge on any atom is 0.341 e. The van der Waals surface area contributed by atoms with Gasteiger partial charge in [0.2, 0.25) is 5.91 Å². The minimum Gasteiger partial charge on any atom is -0.507 e. The lowest BCUT2D eigenvalue weighted by Gasteiger charge is -2.17. The van der Waals surface area contributed by atoms with Gasteiger partial charge >= 0.3 is 5.97 Å². The van der Waals surface area contributed by atoms with E-state index in [-0.39, 0.29) is 11.1 Å². The lowest BCUT2D eigenvalue weighted by molar-refractivity contribution is -0.121. The van der Waals surface area contributed by atoms with Gasteiger partial charge in [-0.1, -0.05) is 6.07 Å². The Labute approximate surface area is 109 Å². The number of carbonyl (C=O) groups excluding carboxylic acids is 2. The second-order valence-corrected chi connectivity index (χ2v) is 3.95. The van der Waals surface area contributed by atoms with Crippen molar-refractivity contribution < 1.29 is 29.6 Å². The third-order valence-corrected chi connectivity index (χ3v) is 2.54. The van der Waals surface area contributed by atoms with Crippen molar-refractivity contribution in [2.75, 3.05) is 7.11 Å². The van der Waals surface area contributed by atoms with Gasteiger partial charge in [0.1, 0.15) is 17.4 Å². The summed E-state index contributed by atoms with van der Waals surface area (Å²) >= 11 is 0. The zero-order chi connectivity index (χ0) is 14.6. The Bertz CT molecular complexity index is 487. The standard InChI is InChI=1S/C12H15NO6/c1-19-12(18)7-3-2-6(4-8(7)14)11(17)9(15)5-10(13)16/h2-4,9,11,14-15,17H,5H2,1H3,(H2,13,16). The molecule has 5 N–H and O–H groups in total. The molecule has 1 amide bonds. The number of esters is 1. The summed E-state index contributed by atoms with van der Waals surface area (Å²) in [6, 6.07) is 3.69. The molecule has 0 heterocycles. The number of phenols is 1. The molecule has 0 aliphatic rings. The third kappa shape index (κ3) is 3.67. The van der Waals surface area contributed by atoms with E-state index >= 15 is 0 Å². The highest BCUT2D eigenvalue weighted by Crippen LogP contribution is 2.26. The number of primary amides is 1. The number of aliphatic hydroxyl groups excluding tert-OH is 2. The van der Waals surface area contributed by atoms with E-state index in [1.54, 1.807) is 0 Å². The summed E-state index contributed by atoms with van der Waals surface area (Å²) in [5.41, 5.74) is 4.99. The van der Waals surface area contributed by atoms with E-state index in [4.69, 9.17) is 5.73 Å². The van der Waals surface area contributed by atoms with Crippen molar-refractivity contribution in [2.45, 2.75) is 18.6 Å². The number of benzene rings is 1. The van der Waals surface area contributed by atoms with Crippen molar-refractivity contribution in [2.24, 2.45) is 5.73 Å². The number of amides is 1. The molecule has 0 spiro atoms. The molecule has 0 radical (unpaired) electrons. The highest BCUT2D eigenvalue weighted by atomic mass is 16.5.